The lowest BCUT2D eigenvalue weighted by molar-refractivity contribution is -0.143. The van der Waals surface area contributed by atoms with Gasteiger partial charge in [-0.25, -0.2) is 4.39 Å². The number of halogens is 2. The quantitative estimate of drug-likeness (QED) is 0.457. The highest BCUT2D eigenvalue weighted by Crippen LogP contribution is 2.28. The summed E-state index contributed by atoms with van der Waals surface area (Å²) in [5.74, 6) is 0.00984. The molecule has 0 aliphatic heterocycles. The van der Waals surface area contributed by atoms with Crippen molar-refractivity contribution in [2.45, 2.75) is 39.0 Å². The molecule has 2 aromatic rings. The summed E-state index contributed by atoms with van der Waals surface area (Å²) in [5, 5.41) is 15.7. The first-order chi connectivity index (χ1) is 14.1. The first-order valence-corrected chi connectivity index (χ1v) is 9.98. The van der Waals surface area contributed by atoms with Crippen LogP contribution in [-0.4, -0.2) is 36.8 Å². The molecule has 0 fully saturated rings. The maximum atomic E-state index is 14.0. The Morgan fingerprint density at radius 1 is 1.20 bits per heavy atom. The van der Waals surface area contributed by atoms with E-state index in [0.29, 0.717) is 30.0 Å². The average molecular weight is 439 g/mol. The Morgan fingerprint density at radius 2 is 1.83 bits per heavy atom. The van der Waals surface area contributed by atoms with E-state index in [1.54, 1.807) is 45.2 Å². The van der Waals surface area contributed by atoms with Gasteiger partial charge in [0.1, 0.15) is 29.5 Å². The SMILES string of the molecule is COc1ccc(OCc2c(Cl)cc(F)cc2[C@H](C)NCCNC(C)(C)C(=O)O)cc1. The molecule has 1 atom stereocenters. The van der Waals surface area contributed by atoms with Crippen molar-refractivity contribution in [2.75, 3.05) is 20.2 Å². The summed E-state index contributed by atoms with van der Waals surface area (Å²) in [5.41, 5.74) is 0.350. The summed E-state index contributed by atoms with van der Waals surface area (Å²) in [6.45, 7) is 6.19. The fourth-order valence-corrected chi connectivity index (χ4v) is 3.11. The Kier molecular flexibility index (Phi) is 8.46. The molecular formula is C22H28ClFN2O4. The second-order valence-corrected chi connectivity index (χ2v) is 7.86. The van der Waals surface area contributed by atoms with Gasteiger partial charge in [-0.05, 0) is 62.7 Å². The number of hydrogen-bond acceptors (Lipinski definition) is 5. The molecular weight excluding hydrogens is 411 g/mol. The highest BCUT2D eigenvalue weighted by molar-refractivity contribution is 6.31. The van der Waals surface area contributed by atoms with Crippen LogP contribution in [0.15, 0.2) is 36.4 Å². The van der Waals surface area contributed by atoms with Gasteiger partial charge in [-0.3, -0.25) is 4.79 Å². The normalized spacial score (nSPS) is 12.5. The van der Waals surface area contributed by atoms with Gasteiger partial charge in [-0.15, -0.1) is 0 Å². The van der Waals surface area contributed by atoms with E-state index in [-0.39, 0.29) is 17.7 Å². The lowest BCUT2D eigenvalue weighted by atomic mass is 10.0. The minimum Gasteiger partial charge on any atom is -0.497 e. The number of carbonyl (C=O) groups is 1. The van der Waals surface area contributed by atoms with Gasteiger partial charge in [-0.1, -0.05) is 11.6 Å². The van der Waals surface area contributed by atoms with E-state index in [1.807, 2.05) is 6.92 Å². The lowest BCUT2D eigenvalue weighted by Crippen LogP contribution is -2.49. The summed E-state index contributed by atoms with van der Waals surface area (Å²) < 4.78 is 25.0. The molecule has 8 heteroatoms. The minimum atomic E-state index is -1.02. The summed E-state index contributed by atoms with van der Waals surface area (Å²) >= 11 is 6.30. The maximum Gasteiger partial charge on any atom is 0.323 e. The van der Waals surface area contributed by atoms with Gasteiger partial charge in [0.25, 0.3) is 0 Å². The molecule has 0 heterocycles. The monoisotopic (exact) mass is 438 g/mol. The van der Waals surface area contributed by atoms with Crippen LogP contribution in [0, 0.1) is 5.82 Å². The van der Waals surface area contributed by atoms with Gasteiger partial charge in [0.15, 0.2) is 0 Å². The highest BCUT2D eigenvalue weighted by Gasteiger charge is 2.25. The number of carboxylic acid groups (broad SMARTS) is 1. The molecule has 0 aromatic heterocycles. The Morgan fingerprint density at radius 3 is 2.43 bits per heavy atom. The molecule has 2 rings (SSSR count). The van der Waals surface area contributed by atoms with Crippen molar-refractivity contribution < 1.29 is 23.8 Å². The summed E-state index contributed by atoms with van der Waals surface area (Å²) in [6, 6.07) is 9.63. The third-order valence-electron chi connectivity index (χ3n) is 4.78. The van der Waals surface area contributed by atoms with Crippen molar-refractivity contribution in [1.29, 1.82) is 0 Å². The third-order valence-corrected chi connectivity index (χ3v) is 5.12. The molecule has 0 aliphatic rings. The second kappa shape index (κ2) is 10.6. The molecule has 2 aromatic carbocycles. The Labute approximate surface area is 181 Å². The van der Waals surface area contributed by atoms with E-state index in [1.165, 1.54) is 12.1 Å². The zero-order valence-electron chi connectivity index (χ0n) is 17.6. The average Bonchev–Trinajstić information content (AvgIpc) is 2.70. The van der Waals surface area contributed by atoms with E-state index in [0.717, 1.165) is 5.75 Å². The molecule has 0 unspecified atom stereocenters. The van der Waals surface area contributed by atoms with Gasteiger partial charge in [0.2, 0.25) is 0 Å². The number of hydrogen-bond donors (Lipinski definition) is 3. The number of ether oxygens (including phenoxy) is 2. The van der Waals surface area contributed by atoms with Crippen LogP contribution in [0.25, 0.3) is 0 Å². The smallest absolute Gasteiger partial charge is 0.323 e. The molecule has 0 radical (unpaired) electrons. The Hall–Kier alpha value is -2.35. The van der Waals surface area contributed by atoms with Crippen LogP contribution in [0.4, 0.5) is 4.39 Å². The van der Waals surface area contributed by atoms with Crippen molar-refractivity contribution in [3.8, 4) is 11.5 Å². The number of rotatable bonds is 11. The van der Waals surface area contributed by atoms with Crippen LogP contribution in [0.5, 0.6) is 11.5 Å². The maximum absolute atomic E-state index is 14.0. The fraction of sp³-hybridized carbons (Fsp3) is 0.409. The second-order valence-electron chi connectivity index (χ2n) is 7.45. The van der Waals surface area contributed by atoms with E-state index in [4.69, 9.17) is 26.2 Å². The third kappa shape index (κ3) is 6.58. The largest absolute Gasteiger partial charge is 0.497 e. The van der Waals surface area contributed by atoms with Gasteiger partial charge in [0, 0.05) is 24.7 Å². The van der Waals surface area contributed by atoms with E-state index in [9.17, 15) is 9.18 Å². The Balaban J connectivity index is 2.04. The highest BCUT2D eigenvalue weighted by atomic mass is 35.5. The fourth-order valence-electron chi connectivity index (χ4n) is 2.84. The zero-order valence-corrected chi connectivity index (χ0v) is 18.3. The first-order valence-electron chi connectivity index (χ1n) is 9.60. The van der Waals surface area contributed by atoms with E-state index in [2.05, 4.69) is 10.6 Å². The number of nitrogens with one attached hydrogen (secondary N) is 2. The van der Waals surface area contributed by atoms with Gasteiger partial charge in [-0.2, -0.15) is 0 Å². The van der Waals surface area contributed by atoms with Crippen molar-refractivity contribution >= 4 is 17.6 Å². The number of carboxylic acids is 1. The minimum absolute atomic E-state index is 0.178. The van der Waals surface area contributed by atoms with Gasteiger partial charge >= 0.3 is 5.97 Å². The summed E-state index contributed by atoms with van der Waals surface area (Å²) in [4.78, 5) is 11.2. The van der Waals surface area contributed by atoms with Crippen molar-refractivity contribution in [3.05, 3.63) is 58.4 Å². The van der Waals surface area contributed by atoms with Gasteiger partial charge < -0.3 is 25.2 Å². The molecule has 30 heavy (non-hydrogen) atoms. The van der Waals surface area contributed by atoms with Crippen LogP contribution < -0.4 is 20.1 Å². The molecule has 3 N–H and O–H groups in total. The van der Waals surface area contributed by atoms with Crippen LogP contribution in [0.3, 0.4) is 0 Å². The zero-order chi connectivity index (χ0) is 22.3. The Bertz CT molecular complexity index is 859. The number of methoxy groups -OCH3 is 1. The molecule has 0 aliphatic carbocycles. The topological polar surface area (TPSA) is 79.8 Å². The molecule has 0 amide bonds. The van der Waals surface area contributed by atoms with Crippen molar-refractivity contribution in [1.82, 2.24) is 10.6 Å². The molecule has 6 nitrogen and oxygen atoms in total. The van der Waals surface area contributed by atoms with Crippen LogP contribution in [0.1, 0.15) is 37.9 Å². The molecule has 164 valence electrons. The lowest BCUT2D eigenvalue weighted by Gasteiger charge is -2.23. The molecule has 0 saturated heterocycles. The molecule has 0 bridgehead atoms. The van der Waals surface area contributed by atoms with Gasteiger partial charge in [0.05, 0.1) is 12.1 Å². The summed E-state index contributed by atoms with van der Waals surface area (Å²) in [7, 11) is 1.59. The molecule has 0 spiro atoms. The molecule has 0 saturated carbocycles. The predicted octanol–water partition coefficient (Wildman–Crippen LogP) is 4.17. The summed E-state index contributed by atoms with van der Waals surface area (Å²) in [6.07, 6.45) is 0. The van der Waals surface area contributed by atoms with E-state index >= 15 is 0 Å². The van der Waals surface area contributed by atoms with Crippen LogP contribution >= 0.6 is 11.6 Å². The number of aliphatic carboxylic acids is 1. The van der Waals surface area contributed by atoms with Crippen LogP contribution in [0.2, 0.25) is 5.02 Å². The van der Waals surface area contributed by atoms with Crippen molar-refractivity contribution in [2.24, 2.45) is 0 Å². The number of benzene rings is 2. The standard InChI is InChI=1S/C22H28ClFN2O4/c1-14(25-9-10-26-22(2,3)21(27)28)18-11-15(24)12-20(23)19(18)13-30-17-7-5-16(29-4)6-8-17/h5-8,11-12,14,25-26H,9-10,13H2,1-4H3,(H,27,28)/t14-/m0/s1. The first kappa shape index (κ1) is 23.9. The predicted molar refractivity (Wildman–Crippen MR) is 115 cm³/mol. The van der Waals surface area contributed by atoms with Crippen molar-refractivity contribution in [3.63, 3.8) is 0 Å². The van der Waals surface area contributed by atoms with Crippen LogP contribution in [-0.2, 0) is 11.4 Å². The van der Waals surface area contributed by atoms with E-state index < -0.39 is 17.3 Å².